The fourth-order valence-corrected chi connectivity index (χ4v) is 2.12. The average Bonchev–Trinajstić information content (AvgIpc) is 2.24. The number of nitrogens with one attached hydrogen (secondary N) is 1. The minimum absolute atomic E-state index is 0.480. The Balaban J connectivity index is 1.63. The number of methoxy groups -OCH3 is 1. The maximum absolute atomic E-state index is 5.83. The van der Waals surface area contributed by atoms with Crippen LogP contribution in [-0.4, -0.2) is 25.8 Å². The molecule has 0 radical (unpaired) electrons. The number of ether oxygens (including phenoxy) is 1. The van der Waals surface area contributed by atoms with E-state index in [2.05, 4.69) is 17.4 Å². The highest BCUT2D eigenvalue weighted by Crippen LogP contribution is 2.22. The molecule has 0 bridgehead atoms. The standard InChI is InChI=1S/C13H18ClNO/c1-16-13-8-12(9-13)15-7-6-10-2-4-11(14)5-3-10/h2-5,12-13,15H,6-9H2,1H3. The normalized spacial score (nSPS) is 24.1. The lowest BCUT2D eigenvalue weighted by Gasteiger charge is -2.34. The molecule has 2 rings (SSSR count). The highest BCUT2D eigenvalue weighted by molar-refractivity contribution is 6.30. The number of rotatable bonds is 5. The Bertz CT molecular complexity index is 319. The lowest BCUT2D eigenvalue weighted by Crippen LogP contribution is -2.45. The Morgan fingerprint density at radius 3 is 2.62 bits per heavy atom. The van der Waals surface area contributed by atoms with E-state index < -0.39 is 0 Å². The molecule has 0 heterocycles. The summed E-state index contributed by atoms with van der Waals surface area (Å²) in [5.41, 5.74) is 1.33. The van der Waals surface area contributed by atoms with Gasteiger partial charge in [-0.2, -0.15) is 0 Å². The molecule has 3 heteroatoms. The third-order valence-corrected chi connectivity index (χ3v) is 3.44. The van der Waals surface area contributed by atoms with Crippen molar-refractivity contribution in [2.75, 3.05) is 13.7 Å². The highest BCUT2D eigenvalue weighted by atomic mass is 35.5. The first-order chi connectivity index (χ1) is 7.78. The minimum atomic E-state index is 0.480. The van der Waals surface area contributed by atoms with E-state index in [0.717, 1.165) is 30.8 Å². The van der Waals surface area contributed by atoms with Crippen molar-refractivity contribution in [2.24, 2.45) is 0 Å². The van der Waals surface area contributed by atoms with Crippen LogP contribution in [0.4, 0.5) is 0 Å². The highest BCUT2D eigenvalue weighted by Gasteiger charge is 2.27. The Kier molecular flexibility index (Phi) is 4.22. The molecule has 0 saturated heterocycles. The van der Waals surface area contributed by atoms with Gasteiger partial charge >= 0.3 is 0 Å². The van der Waals surface area contributed by atoms with Crippen molar-refractivity contribution >= 4 is 11.6 Å². The second-order valence-electron chi connectivity index (χ2n) is 4.36. The Morgan fingerprint density at radius 2 is 2.00 bits per heavy atom. The summed E-state index contributed by atoms with van der Waals surface area (Å²) >= 11 is 5.83. The maximum Gasteiger partial charge on any atom is 0.0601 e. The van der Waals surface area contributed by atoms with Crippen LogP contribution in [-0.2, 0) is 11.2 Å². The quantitative estimate of drug-likeness (QED) is 0.853. The van der Waals surface area contributed by atoms with Crippen LogP contribution in [0.1, 0.15) is 18.4 Å². The summed E-state index contributed by atoms with van der Waals surface area (Å²) in [6.07, 6.45) is 3.84. The van der Waals surface area contributed by atoms with Crippen molar-refractivity contribution in [3.8, 4) is 0 Å². The van der Waals surface area contributed by atoms with Crippen molar-refractivity contribution in [1.82, 2.24) is 5.32 Å². The summed E-state index contributed by atoms with van der Waals surface area (Å²) in [6, 6.07) is 8.71. The Labute approximate surface area is 102 Å². The molecule has 0 amide bonds. The first-order valence-electron chi connectivity index (χ1n) is 5.78. The molecular weight excluding hydrogens is 222 g/mol. The van der Waals surface area contributed by atoms with Crippen LogP contribution < -0.4 is 5.32 Å². The first kappa shape index (κ1) is 11.9. The molecular formula is C13H18ClNO. The number of hydrogen-bond donors (Lipinski definition) is 1. The maximum atomic E-state index is 5.83. The average molecular weight is 240 g/mol. The van der Waals surface area contributed by atoms with Crippen LogP contribution in [0, 0.1) is 0 Å². The van der Waals surface area contributed by atoms with Gasteiger partial charge in [0.15, 0.2) is 0 Å². The predicted octanol–water partition coefficient (Wildman–Crippen LogP) is 2.65. The third-order valence-electron chi connectivity index (χ3n) is 3.19. The van der Waals surface area contributed by atoms with E-state index in [1.807, 2.05) is 12.1 Å². The van der Waals surface area contributed by atoms with E-state index in [1.54, 1.807) is 7.11 Å². The van der Waals surface area contributed by atoms with Gasteiger partial charge in [0, 0.05) is 18.2 Å². The predicted molar refractivity (Wildman–Crippen MR) is 67.0 cm³/mol. The fourth-order valence-electron chi connectivity index (χ4n) is 2.00. The van der Waals surface area contributed by atoms with Gasteiger partial charge in [-0.05, 0) is 43.5 Å². The zero-order valence-electron chi connectivity index (χ0n) is 9.58. The van der Waals surface area contributed by atoms with E-state index in [1.165, 1.54) is 5.56 Å². The zero-order valence-corrected chi connectivity index (χ0v) is 10.3. The van der Waals surface area contributed by atoms with Crippen LogP contribution >= 0.6 is 11.6 Å². The van der Waals surface area contributed by atoms with E-state index in [0.29, 0.717) is 12.1 Å². The van der Waals surface area contributed by atoms with Crippen molar-refractivity contribution in [1.29, 1.82) is 0 Å². The molecule has 0 aliphatic heterocycles. The lowest BCUT2D eigenvalue weighted by molar-refractivity contribution is 0.0177. The SMILES string of the molecule is COC1CC(NCCc2ccc(Cl)cc2)C1. The summed E-state index contributed by atoms with van der Waals surface area (Å²) < 4.78 is 5.24. The summed E-state index contributed by atoms with van der Waals surface area (Å²) in [5, 5.41) is 4.34. The monoisotopic (exact) mass is 239 g/mol. The second kappa shape index (κ2) is 5.67. The minimum Gasteiger partial charge on any atom is -0.381 e. The van der Waals surface area contributed by atoms with E-state index in [-0.39, 0.29) is 0 Å². The van der Waals surface area contributed by atoms with Crippen LogP contribution in [0.5, 0.6) is 0 Å². The molecule has 1 aromatic carbocycles. The van der Waals surface area contributed by atoms with Gasteiger partial charge in [-0.3, -0.25) is 0 Å². The number of hydrogen-bond acceptors (Lipinski definition) is 2. The molecule has 16 heavy (non-hydrogen) atoms. The van der Waals surface area contributed by atoms with Gasteiger partial charge in [0.05, 0.1) is 6.10 Å². The van der Waals surface area contributed by atoms with Crippen molar-refractivity contribution in [3.63, 3.8) is 0 Å². The van der Waals surface area contributed by atoms with E-state index >= 15 is 0 Å². The summed E-state index contributed by atoms with van der Waals surface area (Å²) in [7, 11) is 1.79. The molecule has 2 nitrogen and oxygen atoms in total. The largest absolute Gasteiger partial charge is 0.381 e. The first-order valence-corrected chi connectivity index (χ1v) is 6.16. The fraction of sp³-hybridized carbons (Fsp3) is 0.538. The Hall–Kier alpha value is -0.570. The third kappa shape index (κ3) is 3.21. The van der Waals surface area contributed by atoms with Gasteiger partial charge in [-0.1, -0.05) is 23.7 Å². The Morgan fingerprint density at radius 1 is 1.31 bits per heavy atom. The van der Waals surface area contributed by atoms with Gasteiger partial charge in [-0.25, -0.2) is 0 Å². The summed E-state index contributed by atoms with van der Waals surface area (Å²) in [5.74, 6) is 0. The van der Waals surface area contributed by atoms with Crippen LogP contribution in [0.25, 0.3) is 0 Å². The second-order valence-corrected chi connectivity index (χ2v) is 4.79. The smallest absolute Gasteiger partial charge is 0.0601 e. The molecule has 88 valence electrons. The van der Waals surface area contributed by atoms with Crippen LogP contribution in [0.2, 0.25) is 5.02 Å². The molecule has 0 atom stereocenters. The van der Waals surface area contributed by atoms with Crippen LogP contribution in [0.3, 0.4) is 0 Å². The molecule has 0 unspecified atom stereocenters. The molecule has 1 fully saturated rings. The van der Waals surface area contributed by atoms with E-state index in [9.17, 15) is 0 Å². The zero-order chi connectivity index (χ0) is 11.4. The number of benzene rings is 1. The van der Waals surface area contributed by atoms with E-state index in [4.69, 9.17) is 16.3 Å². The topological polar surface area (TPSA) is 21.3 Å². The van der Waals surface area contributed by atoms with Gasteiger partial charge in [0.2, 0.25) is 0 Å². The van der Waals surface area contributed by atoms with Gasteiger partial charge < -0.3 is 10.1 Å². The molecule has 1 aliphatic rings. The molecule has 0 spiro atoms. The molecule has 1 aromatic rings. The van der Waals surface area contributed by atoms with Crippen molar-refractivity contribution < 1.29 is 4.74 Å². The lowest BCUT2D eigenvalue weighted by atomic mass is 9.89. The molecule has 0 aromatic heterocycles. The summed E-state index contributed by atoms with van der Waals surface area (Å²) in [6.45, 7) is 1.03. The van der Waals surface area contributed by atoms with Crippen LogP contribution in [0.15, 0.2) is 24.3 Å². The van der Waals surface area contributed by atoms with Gasteiger partial charge in [0.25, 0.3) is 0 Å². The van der Waals surface area contributed by atoms with Gasteiger partial charge in [0.1, 0.15) is 0 Å². The number of halogens is 1. The van der Waals surface area contributed by atoms with Crippen molar-refractivity contribution in [2.45, 2.75) is 31.4 Å². The van der Waals surface area contributed by atoms with Gasteiger partial charge in [-0.15, -0.1) is 0 Å². The van der Waals surface area contributed by atoms with Crippen molar-refractivity contribution in [3.05, 3.63) is 34.9 Å². The summed E-state index contributed by atoms with van der Waals surface area (Å²) in [4.78, 5) is 0. The molecule has 1 N–H and O–H groups in total. The molecule has 1 saturated carbocycles. The molecule has 1 aliphatic carbocycles.